The topological polar surface area (TPSA) is 29.1 Å². The third-order valence-corrected chi connectivity index (χ3v) is 2.18. The van der Waals surface area contributed by atoms with Gasteiger partial charge in [0.1, 0.15) is 0 Å². The van der Waals surface area contributed by atoms with Crippen LogP contribution in [-0.2, 0) is 0 Å². The van der Waals surface area contributed by atoms with E-state index in [2.05, 4.69) is 11.9 Å². The van der Waals surface area contributed by atoms with Crippen molar-refractivity contribution in [1.82, 2.24) is 5.32 Å². The van der Waals surface area contributed by atoms with Gasteiger partial charge >= 0.3 is 0 Å². The predicted molar refractivity (Wildman–Crippen MR) is 63.8 cm³/mol. The monoisotopic (exact) mass is 203 g/mol. The molecule has 1 rings (SSSR count). The smallest absolute Gasteiger partial charge is 0.251 e. The van der Waals surface area contributed by atoms with Gasteiger partial charge in [0.15, 0.2) is 0 Å². The number of benzene rings is 1. The zero-order valence-corrected chi connectivity index (χ0v) is 9.34. The van der Waals surface area contributed by atoms with E-state index in [-0.39, 0.29) is 5.91 Å². The molecule has 2 heteroatoms. The maximum Gasteiger partial charge on any atom is 0.251 e. The highest BCUT2D eigenvalue weighted by molar-refractivity contribution is 5.94. The molecule has 0 aliphatic rings. The second-order valence-electron chi connectivity index (χ2n) is 3.61. The van der Waals surface area contributed by atoms with Crippen LogP contribution in [-0.4, -0.2) is 12.5 Å². The lowest BCUT2D eigenvalue weighted by atomic mass is 10.1. The molecule has 0 radical (unpaired) electrons. The molecule has 0 aromatic heterocycles. The Morgan fingerprint density at radius 1 is 1.27 bits per heavy atom. The fourth-order valence-electron chi connectivity index (χ4n) is 1.25. The molecular weight excluding hydrogens is 186 g/mol. The number of hydrogen-bond acceptors (Lipinski definition) is 1. The molecule has 0 saturated carbocycles. The fourth-order valence-corrected chi connectivity index (χ4v) is 1.25. The summed E-state index contributed by atoms with van der Waals surface area (Å²) in [7, 11) is 0. The number of allylic oxidation sites excluding steroid dienone is 1. The van der Waals surface area contributed by atoms with Gasteiger partial charge in [-0.25, -0.2) is 0 Å². The van der Waals surface area contributed by atoms with Gasteiger partial charge in [0.05, 0.1) is 0 Å². The molecule has 0 aliphatic heterocycles. The van der Waals surface area contributed by atoms with E-state index in [1.54, 1.807) is 0 Å². The zero-order valence-electron chi connectivity index (χ0n) is 9.34. The average Bonchev–Trinajstić information content (AvgIpc) is 2.26. The summed E-state index contributed by atoms with van der Waals surface area (Å²) in [5.41, 5.74) is 2.78. The minimum Gasteiger partial charge on any atom is -0.352 e. The Balaban J connectivity index is 2.71. The molecule has 0 bridgehead atoms. The quantitative estimate of drug-likeness (QED) is 0.801. The number of amides is 1. The normalized spacial score (nSPS) is 9.73. The summed E-state index contributed by atoms with van der Waals surface area (Å²) in [5, 5.41) is 2.84. The van der Waals surface area contributed by atoms with Crippen molar-refractivity contribution in [3.63, 3.8) is 0 Å². The molecule has 0 heterocycles. The molecule has 1 aromatic carbocycles. The van der Waals surface area contributed by atoms with Crippen LogP contribution < -0.4 is 5.32 Å². The summed E-state index contributed by atoms with van der Waals surface area (Å²) in [6.07, 6.45) is 0.954. The van der Waals surface area contributed by atoms with Crippen LogP contribution in [0.25, 0.3) is 5.57 Å². The van der Waals surface area contributed by atoms with Gasteiger partial charge in [-0.2, -0.15) is 0 Å². The molecule has 1 amide bonds. The molecule has 0 unspecified atom stereocenters. The minimum atomic E-state index is -0.00915. The van der Waals surface area contributed by atoms with Crippen LogP contribution in [0.4, 0.5) is 0 Å². The van der Waals surface area contributed by atoms with E-state index >= 15 is 0 Å². The molecule has 1 N–H and O–H groups in total. The Morgan fingerprint density at radius 2 is 1.80 bits per heavy atom. The summed E-state index contributed by atoms with van der Waals surface area (Å²) >= 11 is 0. The van der Waals surface area contributed by atoms with Crippen LogP contribution in [0.2, 0.25) is 0 Å². The lowest BCUT2D eigenvalue weighted by Gasteiger charge is -2.04. The van der Waals surface area contributed by atoms with E-state index in [9.17, 15) is 4.79 Å². The third kappa shape index (κ3) is 3.24. The van der Waals surface area contributed by atoms with Crippen molar-refractivity contribution in [3.8, 4) is 0 Å². The molecular formula is C13H17NO. The van der Waals surface area contributed by atoms with Crippen molar-refractivity contribution in [2.75, 3.05) is 6.54 Å². The Kier molecular flexibility index (Phi) is 4.10. The summed E-state index contributed by atoms with van der Waals surface area (Å²) in [4.78, 5) is 11.6. The Labute approximate surface area is 91.0 Å². The third-order valence-electron chi connectivity index (χ3n) is 2.18. The molecule has 2 nitrogen and oxygen atoms in total. The van der Waals surface area contributed by atoms with Crippen LogP contribution in [0.5, 0.6) is 0 Å². The van der Waals surface area contributed by atoms with Crippen molar-refractivity contribution < 1.29 is 4.79 Å². The first-order valence-electron chi connectivity index (χ1n) is 5.19. The molecule has 0 aliphatic carbocycles. The lowest BCUT2D eigenvalue weighted by molar-refractivity contribution is 0.0953. The number of nitrogens with one attached hydrogen (secondary N) is 1. The van der Waals surface area contributed by atoms with Crippen molar-refractivity contribution >= 4 is 11.5 Å². The van der Waals surface area contributed by atoms with Crippen LogP contribution >= 0.6 is 0 Å². The van der Waals surface area contributed by atoms with Gasteiger partial charge < -0.3 is 5.32 Å². The fraction of sp³-hybridized carbons (Fsp3) is 0.308. The lowest BCUT2D eigenvalue weighted by Crippen LogP contribution is -2.23. The summed E-state index contributed by atoms with van der Waals surface area (Å²) in [6.45, 7) is 8.55. The molecule has 0 fully saturated rings. The zero-order chi connectivity index (χ0) is 11.3. The molecule has 0 atom stereocenters. The van der Waals surface area contributed by atoms with Crippen LogP contribution in [0.3, 0.4) is 0 Å². The predicted octanol–water partition coefficient (Wildman–Crippen LogP) is 2.86. The number of hydrogen-bond donors (Lipinski definition) is 1. The Bertz CT molecular complexity index is 351. The van der Waals surface area contributed by atoms with Crippen molar-refractivity contribution in [2.45, 2.75) is 20.3 Å². The summed E-state index contributed by atoms with van der Waals surface area (Å²) in [5.74, 6) is -0.00915. The van der Waals surface area contributed by atoms with Gasteiger partial charge in [-0.15, -0.1) is 0 Å². The van der Waals surface area contributed by atoms with Gasteiger partial charge in [0, 0.05) is 12.1 Å². The van der Waals surface area contributed by atoms with Gasteiger partial charge in [-0.05, 0) is 31.0 Å². The number of carbonyl (C=O) groups excluding carboxylic acids is 1. The average molecular weight is 203 g/mol. The van der Waals surface area contributed by atoms with E-state index in [1.807, 2.05) is 38.1 Å². The number of rotatable bonds is 4. The second-order valence-corrected chi connectivity index (χ2v) is 3.61. The van der Waals surface area contributed by atoms with Crippen molar-refractivity contribution in [3.05, 3.63) is 42.0 Å². The highest BCUT2D eigenvalue weighted by Gasteiger charge is 2.03. The molecule has 1 aromatic rings. The van der Waals surface area contributed by atoms with Crippen molar-refractivity contribution in [1.29, 1.82) is 0 Å². The van der Waals surface area contributed by atoms with Crippen LogP contribution in [0, 0.1) is 0 Å². The first kappa shape index (κ1) is 11.5. The van der Waals surface area contributed by atoms with Crippen molar-refractivity contribution in [2.24, 2.45) is 0 Å². The van der Waals surface area contributed by atoms with E-state index in [0.717, 1.165) is 24.1 Å². The standard InChI is InChI=1S/C13H17NO/c1-4-9-14-13(15)12-7-5-11(6-8-12)10(2)3/h5-8H,2,4,9H2,1,3H3,(H,14,15). The Morgan fingerprint density at radius 3 is 2.27 bits per heavy atom. The molecule has 15 heavy (non-hydrogen) atoms. The van der Waals surface area contributed by atoms with Gasteiger partial charge in [-0.1, -0.05) is 31.2 Å². The highest BCUT2D eigenvalue weighted by atomic mass is 16.1. The van der Waals surface area contributed by atoms with E-state index < -0.39 is 0 Å². The molecule has 0 spiro atoms. The first-order chi connectivity index (χ1) is 7.15. The highest BCUT2D eigenvalue weighted by Crippen LogP contribution is 2.12. The maximum atomic E-state index is 11.6. The van der Waals surface area contributed by atoms with E-state index in [4.69, 9.17) is 0 Å². The van der Waals surface area contributed by atoms with Gasteiger partial charge in [0.25, 0.3) is 5.91 Å². The van der Waals surface area contributed by atoms with E-state index in [0.29, 0.717) is 5.56 Å². The first-order valence-corrected chi connectivity index (χ1v) is 5.19. The Hall–Kier alpha value is -1.57. The second kappa shape index (κ2) is 5.35. The largest absolute Gasteiger partial charge is 0.352 e. The van der Waals surface area contributed by atoms with Crippen LogP contribution in [0.1, 0.15) is 36.2 Å². The minimum absolute atomic E-state index is 0.00915. The molecule has 80 valence electrons. The van der Waals surface area contributed by atoms with Gasteiger partial charge in [-0.3, -0.25) is 4.79 Å². The summed E-state index contributed by atoms with van der Waals surface area (Å²) in [6, 6.07) is 7.50. The van der Waals surface area contributed by atoms with E-state index in [1.165, 1.54) is 0 Å². The maximum absolute atomic E-state index is 11.6. The van der Waals surface area contributed by atoms with Gasteiger partial charge in [0.2, 0.25) is 0 Å². The SMILES string of the molecule is C=C(C)c1ccc(C(=O)NCCC)cc1. The number of carbonyl (C=O) groups is 1. The van der Waals surface area contributed by atoms with Crippen LogP contribution in [0.15, 0.2) is 30.8 Å². The molecule has 0 saturated heterocycles. The summed E-state index contributed by atoms with van der Waals surface area (Å²) < 4.78 is 0.